The summed E-state index contributed by atoms with van der Waals surface area (Å²) in [5, 5.41) is 9.72. The smallest absolute Gasteiger partial charge is 0.130 e. The highest BCUT2D eigenvalue weighted by molar-refractivity contribution is 9.10. The van der Waals surface area contributed by atoms with Crippen molar-refractivity contribution in [1.82, 2.24) is 0 Å². The zero-order valence-electron chi connectivity index (χ0n) is 11.6. The second kappa shape index (κ2) is 6.25. The molecular weight excluding hydrogens is 308 g/mol. The molecule has 0 saturated heterocycles. The third kappa shape index (κ3) is 3.30. The van der Waals surface area contributed by atoms with Crippen molar-refractivity contribution >= 4 is 15.9 Å². The summed E-state index contributed by atoms with van der Waals surface area (Å²) in [5.41, 5.74) is 2.31. The Labute approximate surface area is 123 Å². The molecule has 3 nitrogen and oxygen atoms in total. The molecule has 1 aliphatic rings. The van der Waals surface area contributed by atoms with Gasteiger partial charge in [0.1, 0.15) is 18.0 Å². The molecule has 1 N–H and O–H groups in total. The van der Waals surface area contributed by atoms with E-state index in [1.165, 1.54) is 0 Å². The van der Waals surface area contributed by atoms with E-state index in [9.17, 15) is 5.11 Å². The van der Waals surface area contributed by atoms with Crippen LogP contribution in [0.1, 0.15) is 30.9 Å². The molecule has 1 fully saturated rings. The topological polar surface area (TPSA) is 38.7 Å². The van der Waals surface area contributed by atoms with Crippen molar-refractivity contribution in [3.8, 4) is 5.75 Å². The van der Waals surface area contributed by atoms with Crippen molar-refractivity contribution in [3.63, 3.8) is 0 Å². The molecule has 2 rings (SSSR count). The number of benzene rings is 1. The average molecular weight is 329 g/mol. The number of aryl methyl sites for hydroxylation is 2. The number of aliphatic hydroxyl groups is 1. The van der Waals surface area contributed by atoms with Gasteiger partial charge in [0.2, 0.25) is 0 Å². The van der Waals surface area contributed by atoms with Gasteiger partial charge in [-0.3, -0.25) is 0 Å². The normalized spacial score (nSPS) is 26.1. The van der Waals surface area contributed by atoms with Crippen LogP contribution in [0.15, 0.2) is 16.6 Å². The molecule has 4 heteroatoms. The molecule has 19 heavy (non-hydrogen) atoms. The van der Waals surface area contributed by atoms with E-state index in [1.54, 1.807) is 0 Å². The zero-order valence-corrected chi connectivity index (χ0v) is 13.2. The lowest BCUT2D eigenvalue weighted by Gasteiger charge is -2.40. The highest BCUT2D eigenvalue weighted by Gasteiger charge is 2.42. The summed E-state index contributed by atoms with van der Waals surface area (Å²) >= 11 is 3.55. The van der Waals surface area contributed by atoms with Crippen molar-refractivity contribution in [3.05, 3.63) is 27.7 Å². The minimum absolute atomic E-state index is 0.0403. The molecule has 3 atom stereocenters. The van der Waals surface area contributed by atoms with Crippen LogP contribution in [0.25, 0.3) is 0 Å². The molecular formula is C15H21BrO3. The van der Waals surface area contributed by atoms with Gasteiger partial charge in [-0.05, 0) is 43.5 Å². The second-order valence-electron chi connectivity index (χ2n) is 5.17. The van der Waals surface area contributed by atoms with Crippen LogP contribution >= 0.6 is 15.9 Å². The summed E-state index contributed by atoms with van der Waals surface area (Å²) in [6.45, 7) is 6.82. The number of ether oxygens (including phenoxy) is 2. The van der Waals surface area contributed by atoms with Crippen molar-refractivity contribution in [2.75, 3.05) is 6.61 Å². The Bertz CT molecular complexity index is 424. The lowest BCUT2D eigenvalue weighted by atomic mass is 9.88. The minimum Gasteiger partial charge on any atom is -0.487 e. The van der Waals surface area contributed by atoms with Crippen LogP contribution in [0.4, 0.5) is 0 Å². The average Bonchev–Trinajstić information content (AvgIpc) is 2.35. The van der Waals surface area contributed by atoms with E-state index in [1.807, 2.05) is 26.0 Å². The summed E-state index contributed by atoms with van der Waals surface area (Å²) in [6.07, 6.45) is 0.967. The van der Waals surface area contributed by atoms with Crippen LogP contribution in [0.5, 0.6) is 5.75 Å². The molecule has 0 radical (unpaired) electrons. The first-order valence-electron chi connectivity index (χ1n) is 6.76. The van der Waals surface area contributed by atoms with Gasteiger partial charge in [-0.2, -0.15) is 0 Å². The molecule has 1 aliphatic carbocycles. The van der Waals surface area contributed by atoms with Gasteiger partial charge in [-0.15, -0.1) is 0 Å². The summed E-state index contributed by atoms with van der Waals surface area (Å²) in [6, 6.07) is 4.03. The van der Waals surface area contributed by atoms with Gasteiger partial charge in [0.15, 0.2) is 0 Å². The predicted molar refractivity (Wildman–Crippen MR) is 78.7 cm³/mol. The first kappa shape index (κ1) is 14.8. The lowest BCUT2D eigenvalue weighted by Crippen LogP contribution is -2.55. The van der Waals surface area contributed by atoms with Crippen molar-refractivity contribution in [1.29, 1.82) is 0 Å². The highest BCUT2D eigenvalue weighted by atomic mass is 79.9. The number of rotatable bonds is 5. The second-order valence-corrected chi connectivity index (χ2v) is 5.96. The van der Waals surface area contributed by atoms with Gasteiger partial charge in [-0.25, -0.2) is 0 Å². The van der Waals surface area contributed by atoms with E-state index in [2.05, 4.69) is 22.9 Å². The fraction of sp³-hybridized carbons (Fsp3) is 0.600. The molecule has 0 heterocycles. The Kier molecular flexibility index (Phi) is 4.87. The van der Waals surface area contributed by atoms with Crippen LogP contribution < -0.4 is 4.74 Å². The largest absolute Gasteiger partial charge is 0.487 e. The Morgan fingerprint density at radius 1 is 1.32 bits per heavy atom. The van der Waals surface area contributed by atoms with Gasteiger partial charge >= 0.3 is 0 Å². The van der Waals surface area contributed by atoms with Crippen molar-refractivity contribution < 1.29 is 14.6 Å². The Balaban J connectivity index is 2.01. The maximum Gasteiger partial charge on any atom is 0.130 e. The molecule has 0 bridgehead atoms. The third-order valence-corrected chi connectivity index (χ3v) is 4.68. The van der Waals surface area contributed by atoms with Crippen LogP contribution in [0.3, 0.4) is 0 Å². The maximum absolute atomic E-state index is 9.72. The van der Waals surface area contributed by atoms with E-state index in [-0.39, 0.29) is 12.2 Å². The molecule has 3 unspecified atom stereocenters. The number of hydrogen-bond donors (Lipinski definition) is 1. The Morgan fingerprint density at radius 2 is 1.95 bits per heavy atom. The summed E-state index contributed by atoms with van der Waals surface area (Å²) in [4.78, 5) is 0. The van der Waals surface area contributed by atoms with Crippen molar-refractivity contribution in [2.24, 2.45) is 0 Å². The van der Waals surface area contributed by atoms with Gasteiger partial charge in [-0.1, -0.05) is 22.9 Å². The van der Waals surface area contributed by atoms with Gasteiger partial charge < -0.3 is 14.6 Å². The zero-order chi connectivity index (χ0) is 14.0. The Morgan fingerprint density at radius 3 is 2.47 bits per heavy atom. The maximum atomic E-state index is 9.72. The van der Waals surface area contributed by atoms with E-state index in [4.69, 9.17) is 9.47 Å². The SMILES string of the molecule is CCCOC1C(O)CC1Oc1cc(C)c(Br)c(C)c1. The third-order valence-electron chi connectivity index (χ3n) is 3.43. The van der Waals surface area contributed by atoms with Crippen LogP contribution in [-0.2, 0) is 4.74 Å². The van der Waals surface area contributed by atoms with Gasteiger partial charge in [0.25, 0.3) is 0 Å². The van der Waals surface area contributed by atoms with E-state index >= 15 is 0 Å². The van der Waals surface area contributed by atoms with E-state index in [0.29, 0.717) is 13.0 Å². The standard InChI is InChI=1S/C15H21BrO3/c1-4-5-18-15-12(17)8-13(15)19-11-6-9(2)14(16)10(3)7-11/h6-7,12-13,15,17H,4-5,8H2,1-3H3. The number of halogens is 1. The summed E-state index contributed by atoms with van der Waals surface area (Å²) in [5.74, 6) is 0.847. The molecule has 1 aromatic rings. The van der Waals surface area contributed by atoms with E-state index < -0.39 is 6.10 Å². The first-order chi connectivity index (χ1) is 9.02. The minimum atomic E-state index is -0.394. The molecule has 0 spiro atoms. The fourth-order valence-electron chi connectivity index (χ4n) is 2.29. The van der Waals surface area contributed by atoms with Gasteiger partial charge in [0, 0.05) is 17.5 Å². The van der Waals surface area contributed by atoms with Crippen molar-refractivity contribution in [2.45, 2.75) is 51.9 Å². The van der Waals surface area contributed by atoms with Crippen LogP contribution in [0.2, 0.25) is 0 Å². The number of aliphatic hydroxyl groups excluding tert-OH is 1. The van der Waals surface area contributed by atoms with Crippen LogP contribution in [-0.4, -0.2) is 30.0 Å². The molecule has 106 valence electrons. The molecule has 0 amide bonds. The summed E-state index contributed by atoms with van der Waals surface area (Å²) in [7, 11) is 0. The lowest BCUT2D eigenvalue weighted by molar-refractivity contribution is -0.162. The Hall–Kier alpha value is -0.580. The fourth-order valence-corrected chi connectivity index (χ4v) is 2.52. The highest BCUT2D eigenvalue weighted by Crippen LogP contribution is 2.32. The summed E-state index contributed by atoms with van der Waals surface area (Å²) < 4.78 is 12.7. The molecule has 1 saturated carbocycles. The number of hydrogen-bond acceptors (Lipinski definition) is 3. The molecule has 0 aliphatic heterocycles. The first-order valence-corrected chi connectivity index (χ1v) is 7.55. The quantitative estimate of drug-likeness (QED) is 0.900. The van der Waals surface area contributed by atoms with E-state index in [0.717, 1.165) is 27.8 Å². The molecule has 0 aromatic heterocycles. The predicted octanol–water partition coefficient (Wildman–Crippen LogP) is 3.37. The van der Waals surface area contributed by atoms with Gasteiger partial charge in [0.05, 0.1) is 6.10 Å². The monoisotopic (exact) mass is 328 g/mol. The van der Waals surface area contributed by atoms with Crippen LogP contribution in [0, 0.1) is 13.8 Å². The molecule has 1 aromatic carbocycles.